The lowest BCUT2D eigenvalue weighted by molar-refractivity contribution is 0.553. The van der Waals surface area contributed by atoms with Crippen molar-refractivity contribution in [3.8, 4) is 0 Å². The largest absolute Gasteiger partial charge is 0.309 e. The van der Waals surface area contributed by atoms with E-state index in [1.165, 1.54) is 16.0 Å². The van der Waals surface area contributed by atoms with Crippen LogP contribution in [0.5, 0.6) is 0 Å². The van der Waals surface area contributed by atoms with E-state index >= 15 is 0 Å². The highest BCUT2D eigenvalue weighted by Gasteiger charge is 2.06. The Bertz CT molecular complexity index is 440. The second-order valence-electron chi connectivity index (χ2n) is 4.14. The number of sulfonamides is 1. The first-order chi connectivity index (χ1) is 7.88. The first-order valence-electron chi connectivity index (χ1n) is 5.63. The van der Waals surface area contributed by atoms with Crippen molar-refractivity contribution in [3.05, 3.63) is 21.9 Å². The number of hydrogen-bond donors (Lipinski definition) is 2. The molecule has 1 aromatic rings. The van der Waals surface area contributed by atoms with E-state index in [0.717, 1.165) is 13.0 Å². The summed E-state index contributed by atoms with van der Waals surface area (Å²) in [6.07, 6.45) is 1.97. The molecule has 6 heteroatoms. The molecule has 0 aliphatic rings. The minimum Gasteiger partial charge on any atom is -0.309 e. The summed E-state index contributed by atoms with van der Waals surface area (Å²) in [4.78, 5) is 2.63. The summed E-state index contributed by atoms with van der Waals surface area (Å²) in [6, 6.07) is 4.57. The van der Waals surface area contributed by atoms with E-state index in [-0.39, 0.29) is 0 Å². The molecule has 0 amide bonds. The zero-order valence-electron chi connectivity index (χ0n) is 10.5. The van der Waals surface area contributed by atoms with Gasteiger partial charge in [-0.1, -0.05) is 0 Å². The van der Waals surface area contributed by atoms with Gasteiger partial charge in [-0.25, -0.2) is 13.1 Å². The van der Waals surface area contributed by atoms with Crippen LogP contribution in [0, 0.1) is 6.92 Å². The highest BCUT2D eigenvalue weighted by molar-refractivity contribution is 7.88. The second-order valence-corrected chi connectivity index (χ2v) is 7.30. The van der Waals surface area contributed by atoms with Crippen molar-refractivity contribution in [2.45, 2.75) is 26.3 Å². The molecule has 98 valence electrons. The Morgan fingerprint density at radius 3 is 2.59 bits per heavy atom. The van der Waals surface area contributed by atoms with Crippen molar-refractivity contribution in [3.63, 3.8) is 0 Å². The fraction of sp³-hybridized carbons (Fsp3) is 0.636. The maximum Gasteiger partial charge on any atom is 0.208 e. The van der Waals surface area contributed by atoms with Gasteiger partial charge in [-0.15, -0.1) is 11.3 Å². The van der Waals surface area contributed by atoms with Crippen LogP contribution in [0.15, 0.2) is 12.1 Å². The van der Waals surface area contributed by atoms with Crippen LogP contribution in [-0.2, 0) is 10.0 Å². The van der Waals surface area contributed by atoms with Crippen molar-refractivity contribution < 1.29 is 8.42 Å². The molecule has 0 saturated heterocycles. The molecule has 0 saturated carbocycles. The molecular weight excluding hydrogens is 256 g/mol. The third-order valence-electron chi connectivity index (χ3n) is 2.36. The smallest absolute Gasteiger partial charge is 0.208 e. The summed E-state index contributed by atoms with van der Waals surface area (Å²) >= 11 is 1.79. The molecule has 0 radical (unpaired) electrons. The molecule has 0 aromatic carbocycles. The van der Waals surface area contributed by atoms with Crippen molar-refractivity contribution in [2.75, 3.05) is 19.3 Å². The monoisotopic (exact) mass is 276 g/mol. The minimum atomic E-state index is -3.05. The van der Waals surface area contributed by atoms with Gasteiger partial charge in [0.05, 0.1) is 6.26 Å². The van der Waals surface area contributed by atoms with Crippen LogP contribution in [0.4, 0.5) is 0 Å². The third kappa shape index (κ3) is 6.16. The SMILES string of the molecule is Cc1ccc(C(C)NCCCNS(C)(=O)=O)s1. The van der Waals surface area contributed by atoms with Crippen LogP contribution in [0.1, 0.15) is 29.1 Å². The van der Waals surface area contributed by atoms with E-state index in [4.69, 9.17) is 0 Å². The Labute approximate surface area is 107 Å². The molecular formula is C11H20N2O2S2. The van der Waals surface area contributed by atoms with Gasteiger partial charge < -0.3 is 5.32 Å². The van der Waals surface area contributed by atoms with Gasteiger partial charge in [0.2, 0.25) is 10.0 Å². The summed E-state index contributed by atoms with van der Waals surface area (Å²) < 4.78 is 24.1. The molecule has 1 rings (SSSR count). The predicted molar refractivity (Wildman–Crippen MR) is 72.9 cm³/mol. The summed E-state index contributed by atoms with van der Waals surface area (Å²) in [5, 5.41) is 3.37. The lowest BCUT2D eigenvalue weighted by Gasteiger charge is -2.11. The third-order valence-corrected chi connectivity index (χ3v) is 4.27. The molecule has 0 aliphatic carbocycles. The fourth-order valence-electron chi connectivity index (χ4n) is 1.45. The highest BCUT2D eigenvalue weighted by Crippen LogP contribution is 2.21. The Kier molecular flexibility index (Phi) is 5.58. The number of nitrogens with one attached hydrogen (secondary N) is 2. The molecule has 0 spiro atoms. The number of hydrogen-bond acceptors (Lipinski definition) is 4. The van der Waals surface area contributed by atoms with Crippen LogP contribution < -0.4 is 10.0 Å². The first-order valence-corrected chi connectivity index (χ1v) is 8.33. The summed E-state index contributed by atoms with van der Waals surface area (Å²) in [5.41, 5.74) is 0. The van der Waals surface area contributed by atoms with E-state index < -0.39 is 10.0 Å². The van der Waals surface area contributed by atoms with Gasteiger partial charge in [0.15, 0.2) is 0 Å². The van der Waals surface area contributed by atoms with E-state index in [0.29, 0.717) is 12.6 Å². The van der Waals surface area contributed by atoms with Gasteiger partial charge in [-0.2, -0.15) is 0 Å². The van der Waals surface area contributed by atoms with E-state index in [2.05, 4.69) is 36.0 Å². The molecule has 1 heterocycles. The molecule has 4 nitrogen and oxygen atoms in total. The Hall–Kier alpha value is -0.430. The average Bonchev–Trinajstić information content (AvgIpc) is 2.62. The van der Waals surface area contributed by atoms with Crippen molar-refractivity contribution in [1.82, 2.24) is 10.0 Å². The summed E-state index contributed by atoms with van der Waals surface area (Å²) in [6.45, 7) is 5.51. The van der Waals surface area contributed by atoms with Crippen molar-refractivity contribution in [1.29, 1.82) is 0 Å². The topological polar surface area (TPSA) is 58.2 Å². The van der Waals surface area contributed by atoms with Crippen LogP contribution in [0.2, 0.25) is 0 Å². The molecule has 1 aromatic heterocycles. The van der Waals surface area contributed by atoms with Crippen LogP contribution in [0.25, 0.3) is 0 Å². The number of rotatable bonds is 7. The zero-order valence-corrected chi connectivity index (χ0v) is 12.1. The maximum atomic E-state index is 10.8. The molecule has 0 fully saturated rings. The quantitative estimate of drug-likeness (QED) is 0.745. The van der Waals surface area contributed by atoms with Crippen LogP contribution in [0.3, 0.4) is 0 Å². The predicted octanol–water partition coefficient (Wildman–Crippen LogP) is 1.65. The Balaban J connectivity index is 2.19. The van der Waals surface area contributed by atoms with Gasteiger partial charge in [0, 0.05) is 22.3 Å². The van der Waals surface area contributed by atoms with Gasteiger partial charge in [0.1, 0.15) is 0 Å². The number of aryl methyl sites for hydroxylation is 1. The van der Waals surface area contributed by atoms with Gasteiger partial charge in [-0.05, 0) is 38.9 Å². The summed E-state index contributed by atoms with van der Waals surface area (Å²) in [5.74, 6) is 0. The van der Waals surface area contributed by atoms with E-state index in [1.54, 1.807) is 11.3 Å². The summed E-state index contributed by atoms with van der Waals surface area (Å²) in [7, 11) is -3.05. The number of thiophene rings is 1. The lowest BCUT2D eigenvalue weighted by Crippen LogP contribution is -2.27. The lowest BCUT2D eigenvalue weighted by atomic mass is 10.2. The van der Waals surface area contributed by atoms with E-state index in [1.807, 2.05) is 0 Å². The Morgan fingerprint density at radius 2 is 2.06 bits per heavy atom. The fourth-order valence-corrected chi connectivity index (χ4v) is 2.87. The molecule has 1 unspecified atom stereocenters. The van der Waals surface area contributed by atoms with E-state index in [9.17, 15) is 8.42 Å². The standard InChI is InChI=1S/C11H20N2O2S2/c1-9-5-6-11(16-9)10(2)12-7-4-8-13-17(3,14)15/h5-6,10,12-13H,4,7-8H2,1-3H3. The molecule has 17 heavy (non-hydrogen) atoms. The van der Waals surface area contributed by atoms with Crippen molar-refractivity contribution >= 4 is 21.4 Å². The average molecular weight is 276 g/mol. The zero-order chi connectivity index (χ0) is 12.9. The van der Waals surface area contributed by atoms with Crippen LogP contribution >= 0.6 is 11.3 Å². The Morgan fingerprint density at radius 1 is 1.35 bits per heavy atom. The second kappa shape index (κ2) is 6.49. The molecule has 2 N–H and O–H groups in total. The normalized spacial score (nSPS) is 13.8. The minimum absolute atomic E-state index is 0.326. The van der Waals surface area contributed by atoms with Crippen LogP contribution in [-0.4, -0.2) is 27.8 Å². The van der Waals surface area contributed by atoms with Gasteiger partial charge in [0.25, 0.3) is 0 Å². The highest BCUT2D eigenvalue weighted by atomic mass is 32.2. The molecule has 0 bridgehead atoms. The first kappa shape index (κ1) is 14.6. The maximum absolute atomic E-state index is 10.8. The van der Waals surface area contributed by atoms with Gasteiger partial charge >= 0.3 is 0 Å². The molecule has 1 atom stereocenters. The molecule has 0 aliphatic heterocycles. The van der Waals surface area contributed by atoms with Gasteiger partial charge in [-0.3, -0.25) is 0 Å². The van der Waals surface area contributed by atoms with Crippen molar-refractivity contribution in [2.24, 2.45) is 0 Å².